The van der Waals surface area contributed by atoms with Gasteiger partial charge in [-0.3, -0.25) is 4.79 Å². The summed E-state index contributed by atoms with van der Waals surface area (Å²) in [7, 11) is 0. The van der Waals surface area contributed by atoms with Crippen molar-refractivity contribution in [3.05, 3.63) is 82.2 Å². The Morgan fingerprint density at radius 1 is 1.04 bits per heavy atom. The van der Waals surface area contributed by atoms with Crippen LogP contribution >= 0.6 is 0 Å². The molecule has 1 N–H and O–H groups in total. The van der Waals surface area contributed by atoms with E-state index in [1.807, 2.05) is 30.3 Å². The molecular weight excluding hydrogens is 304 g/mol. The molecule has 0 amide bonds. The van der Waals surface area contributed by atoms with Crippen LogP contribution < -0.4 is 5.63 Å². The Labute approximate surface area is 138 Å². The lowest BCUT2D eigenvalue weighted by atomic mass is 10.1. The molecular formula is C20H16O4. The molecule has 2 aromatic carbocycles. The third-order valence-electron chi connectivity index (χ3n) is 3.76. The number of aromatic hydroxyl groups is 1. The highest BCUT2D eigenvalue weighted by Gasteiger charge is 2.14. The number of rotatable bonds is 5. The molecule has 3 aromatic rings. The predicted octanol–water partition coefficient (Wildman–Crippen LogP) is 3.71. The SMILES string of the molecule is O=C(/C=C/c1ccccc1)CCc1c(O)c2ccccc2oc1=O. The highest BCUT2D eigenvalue weighted by molar-refractivity contribution is 5.93. The van der Waals surface area contributed by atoms with E-state index in [1.54, 1.807) is 30.3 Å². The molecule has 0 atom stereocenters. The van der Waals surface area contributed by atoms with Gasteiger partial charge in [0.05, 0.1) is 10.9 Å². The molecule has 0 fully saturated rings. The normalized spacial score (nSPS) is 11.2. The summed E-state index contributed by atoms with van der Waals surface area (Å²) in [5.74, 6) is -0.229. The maximum Gasteiger partial charge on any atom is 0.343 e. The molecule has 4 nitrogen and oxygen atoms in total. The minimum absolute atomic E-state index is 0.110. The van der Waals surface area contributed by atoms with E-state index < -0.39 is 5.63 Å². The second-order valence-electron chi connectivity index (χ2n) is 5.42. The first kappa shape index (κ1) is 15.7. The van der Waals surface area contributed by atoms with Crippen LogP contribution in [0.4, 0.5) is 0 Å². The van der Waals surface area contributed by atoms with Crippen LogP contribution in [0.25, 0.3) is 17.0 Å². The quantitative estimate of drug-likeness (QED) is 0.575. The van der Waals surface area contributed by atoms with Crippen LogP contribution in [0.15, 0.2) is 69.9 Å². The number of fused-ring (bicyclic) bond motifs is 1. The molecule has 0 unspecified atom stereocenters. The molecule has 1 heterocycles. The lowest BCUT2D eigenvalue weighted by Gasteiger charge is -2.05. The lowest BCUT2D eigenvalue weighted by molar-refractivity contribution is -0.114. The molecule has 0 aliphatic carbocycles. The minimum atomic E-state index is -0.606. The van der Waals surface area contributed by atoms with E-state index >= 15 is 0 Å². The van der Waals surface area contributed by atoms with Gasteiger partial charge in [0.2, 0.25) is 0 Å². The smallest absolute Gasteiger partial charge is 0.343 e. The number of benzene rings is 2. The molecule has 4 heteroatoms. The summed E-state index contributed by atoms with van der Waals surface area (Å²) in [6.07, 6.45) is 3.47. The average Bonchev–Trinajstić information content (AvgIpc) is 2.60. The Balaban J connectivity index is 1.75. The first-order valence-corrected chi connectivity index (χ1v) is 7.65. The zero-order valence-electron chi connectivity index (χ0n) is 12.9. The van der Waals surface area contributed by atoms with Gasteiger partial charge in [0.1, 0.15) is 11.3 Å². The third-order valence-corrected chi connectivity index (χ3v) is 3.76. The van der Waals surface area contributed by atoms with Gasteiger partial charge in [0.25, 0.3) is 0 Å². The summed E-state index contributed by atoms with van der Waals surface area (Å²) in [5, 5.41) is 10.7. The molecule has 0 bridgehead atoms. The number of para-hydroxylation sites is 1. The van der Waals surface area contributed by atoms with E-state index in [0.717, 1.165) is 5.56 Å². The topological polar surface area (TPSA) is 67.5 Å². The van der Waals surface area contributed by atoms with Crippen molar-refractivity contribution < 1.29 is 14.3 Å². The van der Waals surface area contributed by atoms with Crippen molar-refractivity contribution in [1.82, 2.24) is 0 Å². The fourth-order valence-electron chi connectivity index (χ4n) is 2.48. The number of hydrogen-bond acceptors (Lipinski definition) is 4. The van der Waals surface area contributed by atoms with Crippen LogP contribution in [0.2, 0.25) is 0 Å². The third kappa shape index (κ3) is 3.43. The monoisotopic (exact) mass is 320 g/mol. The fraction of sp³-hybridized carbons (Fsp3) is 0.100. The fourth-order valence-corrected chi connectivity index (χ4v) is 2.48. The maximum absolute atomic E-state index is 12.0. The van der Waals surface area contributed by atoms with Gasteiger partial charge in [-0.15, -0.1) is 0 Å². The van der Waals surface area contributed by atoms with Crippen LogP contribution in [0.1, 0.15) is 17.5 Å². The summed E-state index contributed by atoms with van der Waals surface area (Å²) >= 11 is 0. The zero-order valence-corrected chi connectivity index (χ0v) is 12.9. The Morgan fingerprint density at radius 3 is 2.54 bits per heavy atom. The van der Waals surface area contributed by atoms with Gasteiger partial charge in [0.15, 0.2) is 5.78 Å². The molecule has 0 saturated carbocycles. The number of hydrogen-bond donors (Lipinski definition) is 1. The second-order valence-corrected chi connectivity index (χ2v) is 5.42. The Hall–Kier alpha value is -3.14. The second kappa shape index (κ2) is 6.96. The van der Waals surface area contributed by atoms with E-state index in [9.17, 15) is 14.7 Å². The van der Waals surface area contributed by atoms with Crippen molar-refractivity contribution in [2.24, 2.45) is 0 Å². The first-order valence-electron chi connectivity index (χ1n) is 7.65. The van der Waals surface area contributed by atoms with Crippen LogP contribution in [-0.4, -0.2) is 10.9 Å². The van der Waals surface area contributed by atoms with Gasteiger partial charge in [-0.05, 0) is 30.2 Å². The molecule has 24 heavy (non-hydrogen) atoms. The summed E-state index contributed by atoms with van der Waals surface area (Å²) in [4.78, 5) is 24.0. The summed E-state index contributed by atoms with van der Waals surface area (Å²) in [6.45, 7) is 0. The molecule has 0 saturated heterocycles. The average molecular weight is 320 g/mol. The van der Waals surface area contributed by atoms with E-state index in [1.165, 1.54) is 6.08 Å². The van der Waals surface area contributed by atoms with Crippen LogP contribution in [0.3, 0.4) is 0 Å². The largest absolute Gasteiger partial charge is 0.507 e. The van der Waals surface area contributed by atoms with Crippen molar-refractivity contribution >= 4 is 22.8 Å². The Morgan fingerprint density at radius 2 is 1.75 bits per heavy atom. The van der Waals surface area contributed by atoms with Crippen molar-refractivity contribution in [2.75, 3.05) is 0 Å². The van der Waals surface area contributed by atoms with Crippen LogP contribution in [-0.2, 0) is 11.2 Å². The predicted molar refractivity (Wildman–Crippen MR) is 93.0 cm³/mol. The summed E-state index contributed by atoms with van der Waals surface area (Å²) < 4.78 is 5.19. The Kier molecular flexibility index (Phi) is 4.57. The number of carbonyl (C=O) groups is 1. The minimum Gasteiger partial charge on any atom is -0.507 e. The van der Waals surface area contributed by atoms with Gasteiger partial charge in [-0.1, -0.05) is 48.5 Å². The maximum atomic E-state index is 12.0. The number of ketones is 1. The standard InChI is InChI=1S/C20H16O4/c21-15(11-10-14-6-2-1-3-7-14)12-13-17-19(22)16-8-4-5-9-18(16)24-20(17)23/h1-11,22H,12-13H2/b11-10+. The van der Waals surface area contributed by atoms with E-state index in [0.29, 0.717) is 11.0 Å². The van der Waals surface area contributed by atoms with Gasteiger partial charge in [-0.25, -0.2) is 4.79 Å². The van der Waals surface area contributed by atoms with Gasteiger partial charge in [-0.2, -0.15) is 0 Å². The molecule has 0 spiro atoms. The summed E-state index contributed by atoms with van der Waals surface area (Å²) in [6, 6.07) is 16.2. The van der Waals surface area contributed by atoms with Gasteiger partial charge < -0.3 is 9.52 Å². The molecule has 1 aromatic heterocycles. The van der Waals surface area contributed by atoms with Gasteiger partial charge >= 0.3 is 5.63 Å². The molecule has 0 radical (unpaired) electrons. The van der Waals surface area contributed by atoms with Gasteiger partial charge in [0, 0.05) is 6.42 Å². The van der Waals surface area contributed by atoms with E-state index in [2.05, 4.69) is 0 Å². The lowest BCUT2D eigenvalue weighted by Crippen LogP contribution is -2.09. The van der Waals surface area contributed by atoms with Crippen molar-refractivity contribution in [2.45, 2.75) is 12.8 Å². The Bertz CT molecular complexity index is 952. The molecule has 120 valence electrons. The van der Waals surface area contributed by atoms with Crippen molar-refractivity contribution in [1.29, 1.82) is 0 Å². The first-order chi connectivity index (χ1) is 11.6. The highest BCUT2D eigenvalue weighted by atomic mass is 16.4. The van der Waals surface area contributed by atoms with Crippen molar-refractivity contribution in [3.8, 4) is 5.75 Å². The van der Waals surface area contributed by atoms with E-state index in [-0.39, 0.29) is 29.9 Å². The molecule has 3 rings (SSSR count). The highest BCUT2D eigenvalue weighted by Crippen LogP contribution is 2.26. The van der Waals surface area contributed by atoms with E-state index in [4.69, 9.17) is 4.42 Å². The van der Waals surface area contributed by atoms with Crippen molar-refractivity contribution in [3.63, 3.8) is 0 Å². The number of carbonyl (C=O) groups excluding carboxylic acids is 1. The molecule has 0 aliphatic heterocycles. The summed E-state index contributed by atoms with van der Waals surface area (Å²) in [5.41, 5.74) is 0.791. The zero-order chi connectivity index (χ0) is 16.9. The van der Waals surface area contributed by atoms with Crippen LogP contribution in [0.5, 0.6) is 5.75 Å². The molecule has 0 aliphatic rings. The number of allylic oxidation sites excluding steroid dienone is 1. The van der Waals surface area contributed by atoms with Crippen LogP contribution in [0, 0.1) is 0 Å².